The summed E-state index contributed by atoms with van der Waals surface area (Å²) in [6.45, 7) is 8.32. The van der Waals surface area contributed by atoms with Crippen molar-refractivity contribution in [2.75, 3.05) is 44.4 Å². The minimum atomic E-state index is -0.149. The summed E-state index contributed by atoms with van der Waals surface area (Å²) in [6.07, 6.45) is 2.79. The number of thiazole rings is 1. The highest BCUT2D eigenvalue weighted by molar-refractivity contribution is 7.13. The number of amides is 1. The lowest BCUT2D eigenvalue weighted by Crippen LogP contribution is -2.36. The van der Waals surface area contributed by atoms with Crippen LogP contribution < -0.4 is 10.2 Å². The number of ether oxygens (including phenoxy) is 2. The lowest BCUT2D eigenvalue weighted by atomic mass is 10.2. The highest BCUT2D eigenvalue weighted by atomic mass is 32.1. The Hall–Kier alpha value is -2.03. The molecule has 0 aromatic carbocycles. The molecule has 8 heteroatoms. The molecule has 0 aliphatic carbocycles. The summed E-state index contributed by atoms with van der Waals surface area (Å²) in [5, 5.41) is 5.51. The number of hydrogen-bond acceptors (Lipinski definition) is 7. The van der Waals surface area contributed by atoms with Crippen LogP contribution in [0.2, 0.25) is 0 Å². The van der Waals surface area contributed by atoms with Gasteiger partial charge in [0.2, 0.25) is 0 Å². The van der Waals surface area contributed by atoms with Crippen LogP contribution in [0, 0.1) is 0 Å². The molecule has 0 atom stereocenters. The first-order valence-corrected chi connectivity index (χ1v) is 10.2. The van der Waals surface area contributed by atoms with Gasteiger partial charge in [-0.05, 0) is 32.4 Å². The molecule has 1 saturated heterocycles. The van der Waals surface area contributed by atoms with E-state index in [0.717, 1.165) is 49.1 Å². The van der Waals surface area contributed by atoms with Crippen molar-refractivity contribution in [1.82, 2.24) is 15.3 Å². The molecule has 27 heavy (non-hydrogen) atoms. The topological polar surface area (TPSA) is 76.6 Å². The molecule has 2 aromatic rings. The van der Waals surface area contributed by atoms with Crippen LogP contribution >= 0.6 is 11.3 Å². The maximum Gasteiger partial charge on any atom is 0.270 e. The Balaban J connectivity index is 1.57. The molecular weight excluding hydrogens is 364 g/mol. The summed E-state index contributed by atoms with van der Waals surface area (Å²) in [7, 11) is 0. The van der Waals surface area contributed by atoms with E-state index in [1.54, 1.807) is 11.6 Å². The van der Waals surface area contributed by atoms with Gasteiger partial charge in [0.15, 0.2) is 0 Å². The number of carbonyl (C=O) groups is 1. The Morgan fingerprint density at radius 3 is 3.00 bits per heavy atom. The highest BCUT2D eigenvalue weighted by Crippen LogP contribution is 2.26. The van der Waals surface area contributed by atoms with Crippen LogP contribution in [0.25, 0.3) is 10.6 Å². The second kappa shape index (κ2) is 9.77. The summed E-state index contributed by atoms with van der Waals surface area (Å²) >= 11 is 1.47. The van der Waals surface area contributed by atoms with Crippen molar-refractivity contribution >= 4 is 23.1 Å². The Morgan fingerprint density at radius 1 is 1.41 bits per heavy atom. The third-order valence-electron chi connectivity index (χ3n) is 4.12. The van der Waals surface area contributed by atoms with E-state index in [1.165, 1.54) is 11.3 Å². The lowest BCUT2D eigenvalue weighted by molar-refractivity contribution is 0.0756. The van der Waals surface area contributed by atoms with Gasteiger partial charge in [0.25, 0.3) is 5.91 Å². The molecule has 1 fully saturated rings. The second-order valence-corrected chi connectivity index (χ2v) is 7.43. The van der Waals surface area contributed by atoms with Crippen molar-refractivity contribution in [3.05, 3.63) is 29.4 Å². The Bertz CT molecular complexity index is 744. The predicted molar refractivity (Wildman–Crippen MR) is 106 cm³/mol. The van der Waals surface area contributed by atoms with Gasteiger partial charge in [-0.1, -0.05) is 0 Å². The number of nitrogens with zero attached hydrogens (tertiary/aromatic N) is 3. The maximum absolute atomic E-state index is 12.3. The number of nitrogens with one attached hydrogen (secondary N) is 1. The van der Waals surface area contributed by atoms with Crippen molar-refractivity contribution in [1.29, 1.82) is 0 Å². The zero-order valence-electron chi connectivity index (χ0n) is 15.8. The van der Waals surface area contributed by atoms with E-state index < -0.39 is 0 Å². The second-order valence-electron chi connectivity index (χ2n) is 6.57. The Kier molecular flexibility index (Phi) is 7.14. The standard InChI is InChI=1S/C19H26N4O3S/c1-14(2)26-9-3-5-21-18(24)16-13-27-19(22-16)15-4-6-20-17(12-15)23-7-10-25-11-8-23/h4,6,12-14H,3,5,7-11H2,1-2H3,(H,21,24). The van der Waals surface area contributed by atoms with Crippen LogP contribution in [0.15, 0.2) is 23.7 Å². The van der Waals surface area contributed by atoms with Gasteiger partial charge in [0.05, 0.1) is 19.3 Å². The van der Waals surface area contributed by atoms with E-state index >= 15 is 0 Å². The fourth-order valence-corrected chi connectivity index (χ4v) is 3.51. The van der Waals surface area contributed by atoms with E-state index in [9.17, 15) is 4.79 Å². The van der Waals surface area contributed by atoms with Crippen LogP contribution in [-0.4, -0.2) is 61.4 Å². The molecule has 1 N–H and O–H groups in total. The number of hydrogen-bond donors (Lipinski definition) is 1. The van der Waals surface area contributed by atoms with E-state index in [-0.39, 0.29) is 12.0 Å². The predicted octanol–water partition coefficient (Wildman–Crippen LogP) is 2.59. The zero-order chi connectivity index (χ0) is 19.1. The molecule has 3 heterocycles. The SMILES string of the molecule is CC(C)OCCCNC(=O)c1csc(-c2ccnc(N3CCOCC3)c2)n1. The summed E-state index contributed by atoms with van der Waals surface area (Å²) in [5.74, 6) is 0.770. The number of rotatable bonds is 8. The van der Waals surface area contributed by atoms with Crippen LogP contribution in [0.4, 0.5) is 5.82 Å². The summed E-state index contributed by atoms with van der Waals surface area (Å²) in [6, 6.07) is 3.95. The van der Waals surface area contributed by atoms with Crippen LogP contribution in [0.1, 0.15) is 30.8 Å². The molecule has 0 bridgehead atoms. The van der Waals surface area contributed by atoms with Crippen molar-refractivity contribution < 1.29 is 14.3 Å². The van der Waals surface area contributed by atoms with Crippen LogP contribution in [0.5, 0.6) is 0 Å². The van der Waals surface area contributed by atoms with Gasteiger partial charge >= 0.3 is 0 Å². The van der Waals surface area contributed by atoms with E-state index in [1.807, 2.05) is 26.0 Å². The fraction of sp³-hybridized carbons (Fsp3) is 0.526. The Morgan fingerprint density at radius 2 is 2.22 bits per heavy atom. The zero-order valence-corrected chi connectivity index (χ0v) is 16.6. The number of carbonyl (C=O) groups excluding carboxylic acids is 1. The van der Waals surface area contributed by atoms with Gasteiger partial charge in [-0.2, -0.15) is 0 Å². The molecule has 146 valence electrons. The minimum Gasteiger partial charge on any atom is -0.379 e. The number of pyridine rings is 1. The molecule has 2 aromatic heterocycles. The van der Waals surface area contributed by atoms with Gasteiger partial charge in [0, 0.05) is 43.4 Å². The van der Waals surface area contributed by atoms with E-state index in [4.69, 9.17) is 9.47 Å². The van der Waals surface area contributed by atoms with Crippen molar-refractivity contribution in [2.45, 2.75) is 26.4 Å². The highest BCUT2D eigenvalue weighted by Gasteiger charge is 2.15. The van der Waals surface area contributed by atoms with Crippen LogP contribution in [0.3, 0.4) is 0 Å². The first-order valence-electron chi connectivity index (χ1n) is 9.28. The molecule has 0 saturated carbocycles. The molecule has 1 amide bonds. The van der Waals surface area contributed by atoms with E-state index in [0.29, 0.717) is 18.8 Å². The normalized spacial score (nSPS) is 14.6. The number of anilines is 1. The maximum atomic E-state index is 12.3. The molecule has 0 unspecified atom stereocenters. The lowest BCUT2D eigenvalue weighted by Gasteiger charge is -2.27. The van der Waals surface area contributed by atoms with Gasteiger partial charge < -0.3 is 19.7 Å². The van der Waals surface area contributed by atoms with Crippen molar-refractivity contribution in [3.63, 3.8) is 0 Å². The molecule has 3 rings (SSSR count). The summed E-state index contributed by atoms with van der Waals surface area (Å²) in [5.41, 5.74) is 1.42. The average Bonchev–Trinajstić information content (AvgIpc) is 3.18. The molecule has 1 aliphatic heterocycles. The number of morpholine rings is 1. The first kappa shape index (κ1) is 19.7. The van der Waals surface area contributed by atoms with Crippen LogP contribution in [-0.2, 0) is 9.47 Å². The average molecular weight is 391 g/mol. The molecular formula is C19H26N4O3S. The summed E-state index contributed by atoms with van der Waals surface area (Å²) in [4.78, 5) is 23.4. The Labute approximate surface area is 163 Å². The van der Waals surface area contributed by atoms with Crippen molar-refractivity contribution in [3.8, 4) is 10.6 Å². The molecule has 0 radical (unpaired) electrons. The summed E-state index contributed by atoms with van der Waals surface area (Å²) < 4.78 is 10.9. The largest absolute Gasteiger partial charge is 0.379 e. The van der Waals surface area contributed by atoms with Crippen molar-refractivity contribution in [2.24, 2.45) is 0 Å². The monoisotopic (exact) mass is 390 g/mol. The third kappa shape index (κ3) is 5.72. The van der Waals surface area contributed by atoms with Gasteiger partial charge in [0.1, 0.15) is 16.5 Å². The van der Waals surface area contributed by atoms with E-state index in [2.05, 4.69) is 20.2 Å². The first-order chi connectivity index (χ1) is 13.1. The van der Waals surface area contributed by atoms with Gasteiger partial charge in [-0.15, -0.1) is 11.3 Å². The minimum absolute atomic E-state index is 0.149. The molecule has 0 spiro atoms. The van der Waals surface area contributed by atoms with Gasteiger partial charge in [-0.25, -0.2) is 9.97 Å². The number of aromatic nitrogens is 2. The fourth-order valence-electron chi connectivity index (χ4n) is 2.71. The third-order valence-corrected chi connectivity index (χ3v) is 5.01. The smallest absolute Gasteiger partial charge is 0.270 e. The quantitative estimate of drug-likeness (QED) is 0.698. The van der Waals surface area contributed by atoms with Gasteiger partial charge in [-0.3, -0.25) is 4.79 Å². The molecule has 7 nitrogen and oxygen atoms in total. The molecule has 1 aliphatic rings.